The fourth-order valence-corrected chi connectivity index (χ4v) is 3.50. The van der Waals surface area contributed by atoms with Crippen LogP contribution in [0, 0.1) is 0 Å². The predicted molar refractivity (Wildman–Crippen MR) is 108 cm³/mol. The SMILES string of the molecule is O=C(N[C@@H](Cn1cccn1)c1ccccc1)c1ccccc1N1CCOCC1. The third kappa shape index (κ3) is 4.23. The second-order valence-corrected chi connectivity index (χ2v) is 6.78. The first-order valence-corrected chi connectivity index (χ1v) is 9.56. The number of hydrogen-bond acceptors (Lipinski definition) is 4. The summed E-state index contributed by atoms with van der Waals surface area (Å²) in [7, 11) is 0. The van der Waals surface area contributed by atoms with E-state index >= 15 is 0 Å². The van der Waals surface area contributed by atoms with Gasteiger partial charge in [0.2, 0.25) is 0 Å². The van der Waals surface area contributed by atoms with Crippen molar-refractivity contribution in [1.82, 2.24) is 15.1 Å². The molecular weight excluding hydrogens is 352 g/mol. The van der Waals surface area contributed by atoms with Crippen molar-refractivity contribution in [3.8, 4) is 0 Å². The van der Waals surface area contributed by atoms with Gasteiger partial charge in [0.1, 0.15) is 0 Å². The summed E-state index contributed by atoms with van der Waals surface area (Å²) in [6.07, 6.45) is 3.65. The zero-order valence-electron chi connectivity index (χ0n) is 15.7. The summed E-state index contributed by atoms with van der Waals surface area (Å²) in [5.41, 5.74) is 2.69. The van der Waals surface area contributed by atoms with Crippen LogP contribution in [0.2, 0.25) is 0 Å². The van der Waals surface area contributed by atoms with E-state index in [1.54, 1.807) is 6.20 Å². The van der Waals surface area contributed by atoms with Crippen LogP contribution >= 0.6 is 0 Å². The molecule has 0 spiro atoms. The first kappa shape index (κ1) is 18.3. The van der Waals surface area contributed by atoms with Crippen LogP contribution in [-0.4, -0.2) is 42.0 Å². The summed E-state index contributed by atoms with van der Waals surface area (Å²) in [6, 6.07) is 19.5. The summed E-state index contributed by atoms with van der Waals surface area (Å²) in [5.74, 6) is -0.0805. The van der Waals surface area contributed by atoms with E-state index in [4.69, 9.17) is 4.74 Å². The molecule has 6 heteroatoms. The number of nitrogens with zero attached hydrogens (tertiary/aromatic N) is 3. The molecule has 1 aliphatic rings. The quantitative estimate of drug-likeness (QED) is 0.719. The van der Waals surface area contributed by atoms with E-state index in [0.717, 1.165) is 24.3 Å². The van der Waals surface area contributed by atoms with Crippen LogP contribution in [0.15, 0.2) is 73.1 Å². The molecule has 28 heavy (non-hydrogen) atoms. The third-order valence-corrected chi connectivity index (χ3v) is 4.94. The number of benzene rings is 2. The average Bonchev–Trinajstić information content (AvgIpc) is 3.28. The predicted octanol–water partition coefficient (Wildman–Crippen LogP) is 2.89. The number of para-hydroxylation sites is 1. The van der Waals surface area contributed by atoms with Gasteiger partial charge in [-0.15, -0.1) is 0 Å². The van der Waals surface area contributed by atoms with E-state index in [1.165, 1.54) is 0 Å². The molecule has 1 fully saturated rings. The number of anilines is 1. The van der Waals surface area contributed by atoms with Gasteiger partial charge in [0.25, 0.3) is 5.91 Å². The highest BCUT2D eigenvalue weighted by Gasteiger charge is 2.21. The van der Waals surface area contributed by atoms with Gasteiger partial charge in [0.15, 0.2) is 0 Å². The van der Waals surface area contributed by atoms with Gasteiger partial charge in [0.05, 0.1) is 31.4 Å². The van der Waals surface area contributed by atoms with E-state index in [1.807, 2.05) is 71.5 Å². The normalized spacial score (nSPS) is 15.2. The van der Waals surface area contributed by atoms with Crippen LogP contribution < -0.4 is 10.2 Å². The summed E-state index contributed by atoms with van der Waals surface area (Å²) < 4.78 is 7.29. The molecule has 1 amide bonds. The maximum absolute atomic E-state index is 13.2. The molecule has 0 aliphatic carbocycles. The van der Waals surface area contributed by atoms with Gasteiger partial charge >= 0.3 is 0 Å². The Morgan fingerprint density at radius 1 is 1.04 bits per heavy atom. The van der Waals surface area contributed by atoms with E-state index in [2.05, 4.69) is 15.3 Å². The smallest absolute Gasteiger partial charge is 0.253 e. The lowest BCUT2D eigenvalue weighted by Crippen LogP contribution is -2.38. The molecule has 2 aromatic carbocycles. The summed E-state index contributed by atoms with van der Waals surface area (Å²) in [4.78, 5) is 15.4. The van der Waals surface area contributed by atoms with Gasteiger partial charge in [0, 0.05) is 31.2 Å². The molecule has 2 heterocycles. The van der Waals surface area contributed by atoms with Crippen molar-refractivity contribution in [2.45, 2.75) is 12.6 Å². The van der Waals surface area contributed by atoms with E-state index in [0.29, 0.717) is 25.3 Å². The van der Waals surface area contributed by atoms with Crippen molar-refractivity contribution in [1.29, 1.82) is 0 Å². The number of aromatic nitrogens is 2. The molecule has 6 nitrogen and oxygen atoms in total. The lowest BCUT2D eigenvalue weighted by Gasteiger charge is -2.30. The molecule has 3 aromatic rings. The Morgan fingerprint density at radius 2 is 1.79 bits per heavy atom. The van der Waals surface area contributed by atoms with Crippen molar-refractivity contribution in [3.05, 3.63) is 84.2 Å². The van der Waals surface area contributed by atoms with Gasteiger partial charge in [-0.2, -0.15) is 5.10 Å². The molecule has 0 unspecified atom stereocenters. The minimum Gasteiger partial charge on any atom is -0.378 e. The maximum atomic E-state index is 13.2. The Hall–Kier alpha value is -3.12. The minimum atomic E-state index is -0.175. The van der Waals surface area contributed by atoms with E-state index in [-0.39, 0.29) is 11.9 Å². The van der Waals surface area contributed by atoms with Gasteiger partial charge in [-0.1, -0.05) is 42.5 Å². The molecule has 1 aromatic heterocycles. The first-order chi connectivity index (χ1) is 13.8. The Balaban J connectivity index is 1.58. The van der Waals surface area contributed by atoms with Crippen LogP contribution in [0.1, 0.15) is 22.0 Å². The van der Waals surface area contributed by atoms with Crippen LogP contribution in [0.5, 0.6) is 0 Å². The summed E-state index contributed by atoms with van der Waals surface area (Å²) in [5, 5.41) is 7.51. The molecule has 1 atom stereocenters. The molecule has 0 bridgehead atoms. The number of amides is 1. The zero-order chi connectivity index (χ0) is 19.2. The van der Waals surface area contributed by atoms with Crippen LogP contribution in [0.4, 0.5) is 5.69 Å². The van der Waals surface area contributed by atoms with Crippen LogP contribution in [-0.2, 0) is 11.3 Å². The van der Waals surface area contributed by atoms with Crippen LogP contribution in [0.25, 0.3) is 0 Å². The number of morpholine rings is 1. The maximum Gasteiger partial charge on any atom is 0.253 e. The van der Waals surface area contributed by atoms with Gasteiger partial charge < -0.3 is 15.0 Å². The standard InChI is InChI=1S/C22H24N4O2/c27-22(19-9-4-5-10-21(19)25-13-15-28-16-14-25)24-20(17-26-12-6-11-23-26)18-7-2-1-3-8-18/h1-12,20H,13-17H2,(H,24,27)/t20-/m0/s1. The highest BCUT2D eigenvalue weighted by atomic mass is 16.5. The number of ether oxygens (including phenoxy) is 1. The zero-order valence-corrected chi connectivity index (χ0v) is 15.7. The highest BCUT2D eigenvalue weighted by Crippen LogP contribution is 2.23. The number of carbonyl (C=O) groups is 1. The lowest BCUT2D eigenvalue weighted by atomic mass is 10.1. The number of hydrogen-bond donors (Lipinski definition) is 1. The first-order valence-electron chi connectivity index (χ1n) is 9.56. The monoisotopic (exact) mass is 376 g/mol. The van der Waals surface area contributed by atoms with Gasteiger partial charge in [-0.05, 0) is 23.8 Å². The van der Waals surface area contributed by atoms with Crippen molar-refractivity contribution >= 4 is 11.6 Å². The minimum absolute atomic E-state index is 0.0805. The fourth-order valence-electron chi connectivity index (χ4n) is 3.50. The largest absolute Gasteiger partial charge is 0.378 e. The Kier molecular flexibility index (Phi) is 5.68. The molecule has 1 N–H and O–H groups in total. The lowest BCUT2D eigenvalue weighted by molar-refractivity contribution is 0.0930. The van der Waals surface area contributed by atoms with Crippen molar-refractivity contribution in [2.75, 3.05) is 31.2 Å². The Bertz CT molecular complexity index is 890. The molecule has 1 saturated heterocycles. The van der Waals surface area contributed by atoms with Crippen molar-refractivity contribution in [2.24, 2.45) is 0 Å². The molecule has 4 rings (SSSR count). The summed E-state index contributed by atoms with van der Waals surface area (Å²) >= 11 is 0. The van der Waals surface area contributed by atoms with Gasteiger partial charge in [-0.3, -0.25) is 9.48 Å². The highest BCUT2D eigenvalue weighted by molar-refractivity contribution is 6.00. The molecule has 1 aliphatic heterocycles. The van der Waals surface area contributed by atoms with E-state index < -0.39 is 0 Å². The van der Waals surface area contributed by atoms with Crippen LogP contribution in [0.3, 0.4) is 0 Å². The average molecular weight is 376 g/mol. The molecule has 144 valence electrons. The number of nitrogens with one attached hydrogen (secondary N) is 1. The second-order valence-electron chi connectivity index (χ2n) is 6.78. The van der Waals surface area contributed by atoms with Crippen molar-refractivity contribution < 1.29 is 9.53 Å². The summed E-state index contributed by atoms with van der Waals surface area (Å²) in [6.45, 7) is 3.52. The molecule has 0 saturated carbocycles. The number of rotatable bonds is 6. The Morgan fingerprint density at radius 3 is 2.54 bits per heavy atom. The van der Waals surface area contributed by atoms with Gasteiger partial charge in [-0.25, -0.2) is 0 Å². The van der Waals surface area contributed by atoms with E-state index in [9.17, 15) is 4.79 Å². The fraction of sp³-hybridized carbons (Fsp3) is 0.273. The third-order valence-electron chi connectivity index (χ3n) is 4.94. The topological polar surface area (TPSA) is 59.4 Å². The second kappa shape index (κ2) is 8.71. The Labute approximate surface area is 164 Å². The molecule has 0 radical (unpaired) electrons. The van der Waals surface area contributed by atoms with Crippen molar-refractivity contribution in [3.63, 3.8) is 0 Å². The molecular formula is C22H24N4O2. The number of carbonyl (C=O) groups excluding carboxylic acids is 1.